The Balaban J connectivity index is 3.17. The van der Waals surface area contributed by atoms with Crippen molar-refractivity contribution in [2.75, 3.05) is 34.3 Å². The summed E-state index contributed by atoms with van der Waals surface area (Å²) in [6.07, 6.45) is 21.1. The van der Waals surface area contributed by atoms with Crippen LogP contribution in [0.5, 0.6) is 0 Å². The Labute approximate surface area is 172 Å². The lowest BCUT2D eigenvalue weighted by Crippen LogP contribution is -2.37. The third kappa shape index (κ3) is 24.0. The van der Waals surface area contributed by atoms with Gasteiger partial charge in [0.05, 0.1) is 34.3 Å². The van der Waals surface area contributed by atoms with Crippen LogP contribution in [0.3, 0.4) is 0 Å². The van der Waals surface area contributed by atoms with E-state index >= 15 is 0 Å². The number of nitrogens with zero attached hydrogens (tertiary/aromatic N) is 1. The first kappa shape index (κ1) is 27.0. The molecule has 0 atom stereocenters. The van der Waals surface area contributed by atoms with Crippen LogP contribution >= 0.6 is 8.81 Å². The van der Waals surface area contributed by atoms with Gasteiger partial charge in [-0.1, -0.05) is 96.8 Å². The highest BCUT2D eigenvalue weighted by Crippen LogP contribution is 2.19. The van der Waals surface area contributed by atoms with Crippen LogP contribution in [0.1, 0.15) is 110 Å². The molecule has 0 rings (SSSR count). The number of unbranched alkanes of at least 4 members (excludes halogenated alkanes) is 14. The van der Waals surface area contributed by atoms with E-state index in [2.05, 4.69) is 28.1 Å². The summed E-state index contributed by atoms with van der Waals surface area (Å²) in [5, 5.41) is 0. The second kappa shape index (κ2) is 19.3. The molecule has 0 saturated heterocycles. The van der Waals surface area contributed by atoms with Crippen LogP contribution in [-0.4, -0.2) is 44.3 Å². The van der Waals surface area contributed by atoms with Crippen molar-refractivity contribution in [3.63, 3.8) is 0 Å². The van der Waals surface area contributed by atoms with Gasteiger partial charge in [0.2, 0.25) is 0 Å². The second-order valence-electron chi connectivity index (χ2n) is 9.03. The number of hydrogen-bond acceptors (Lipinski definition) is 2. The van der Waals surface area contributed by atoms with Gasteiger partial charge in [-0.15, -0.1) is 0 Å². The van der Waals surface area contributed by atoms with Gasteiger partial charge in [0.15, 0.2) is 0 Å². The summed E-state index contributed by atoms with van der Waals surface area (Å²) in [6, 6.07) is 0. The summed E-state index contributed by atoms with van der Waals surface area (Å²) in [7, 11) is 6.96. The second-order valence-corrected chi connectivity index (χ2v) is 9.97. The molecule has 0 radical (unpaired) electrons. The predicted octanol–water partition coefficient (Wildman–Crippen LogP) is 7.36. The summed E-state index contributed by atoms with van der Waals surface area (Å²) in [6.45, 7) is 3.89. The molecule has 0 aliphatic carbocycles. The van der Waals surface area contributed by atoms with Crippen molar-refractivity contribution in [3.05, 3.63) is 0 Å². The Bertz CT molecular complexity index is 329. The molecule has 0 aromatic rings. The van der Waals surface area contributed by atoms with Gasteiger partial charge in [0.1, 0.15) is 0 Å². The largest absolute Gasteiger partial charge is 0.546 e. The van der Waals surface area contributed by atoms with Crippen LogP contribution in [0.15, 0.2) is 0 Å². The molecule has 0 aliphatic heterocycles. The van der Waals surface area contributed by atoms with Crippen molar-refractivity contribution < 1.29 is 13.8 Å². The van der Waals surface area contributed by atoms with Gasteiger partial charge in [-0.25, -0.2) is 0 Å². The van der Waals surface area contributed by atoms with E-state index in [9.17, 15) is 4.79 Å². The molecule has 4 heteroatoms. The van der Waals surface area contributed by atoms with Gasteiger partial charge in [0, 0.05) is 5.52 Å². The Morgan fingerprint density at radius 2 is 1.11 bits per heavy atom. The molecule has 0 fully saturated rings. The number of carbonyl (C=O) groups excluding carboxylic acids is 1. The van der Waals surface area contributed by atoms with Crippen LogP contribution in [0, 0.1) is 0 Å². The molecule has 0 aromatic carbocycles. The molecular weight excluding hydrogens is 353 g/mol. The Morgan fingerprint density at radius 3 is 1.52 bits per heavy atom. The number of carbonyl (C=O) groups is 1. The third-order valence-electron chi connectivity index (χ3n) is 5.01. The molecule has 162 valence electrons. The van der Waals surface area contributed by atoms with Crippen molar-refractivity contribution in [3.8, 4) is 0 Å². The average Bonchev–Trinajstić information content (AvgIpc) is 2.61. The summed E-state index contributed by atoms with van der Waals surface area (Å²) in [5.74, 6) is 0. The SMILES string of the molecule is CCCCCCCCCCCCCCCCCC(=O)[P-]OCC[N+](C)(C)C. The highest BCUT2D eigenvalue weighted by atomic mass is 31.1. The van der Waals surface area contributed by atoms with Gasteiger partial charge in [-0.3, -0.25) is 0 Å². The minimum Gasteiger partial charge on any atom is -0.546 e. The van der Waals surface area contributed by atoms with Gasteiger partial charge in [-0.2, -0.15) is 0 Å². The first-order valence-corrected chi connectivity index (χ1v) is 12.4. The number of rotatable bonds is 21. The van der Waals surface area contributed by atoms with Crippen molar-refractivity contribution in [1.82, 2.24) is 0 Å². The van der Waals surface area contributed by atoms with E-state index in [1.807, 2.05) is 0 Å². The zero-order valence-corrected chi connectivity index (χ0v) is 19.8. The number of likely N-dealkylation sites (N-methyl/N-ethyl adjacent to an activating group) is 1. The maximum absolute atomic E-state index is 11.8. The van der Waals surface area contributed by atoms with Crippen molar-refractivity contribution >= 4 is 14.3 Å². The highest BCUT2D eigenvalue weighted by Gasteiger charge is 2.03. The standard InChI is InChI=1S/C23H48NO2P/c1-5-6-7-8-9-10-11-12-13-14-15-16-17-18-19-20-23(25)27-26-22-21-24(2,3)4/h5-22H2,1-4H3. The summed E-state index contributed by atoms with van der Waals surface area (Å²) in [4.78, 5) is 11.8. The fraction of sp³-hybridized carbons (Fsp3) is 0.957. The molecule has 0 amide bonds. The van der Waals surface area contributed by atoms with Crippen LogP contribution in [0.25, 0.3) is 0 Å². The summed E-state index contributed by atoms with van der Waals surface area (Å²) in [5.41, 5.74) is 0.242. The first-order valence-electron chi connectivity index (χ1n) is 11.6. The van der Waals surface area contributed by atoms with E-state index in [1.165, 1.54) is 89.9 Å². The van der Waals surface area contributed by atoms with E-state index < -0.39 is 0 Å². The lowest BCUT2D eigenvalue weighted by molar-refractivity contribution is -0.870. The minimum atomic E-state index is 0.242. The Hall–Kier alpha value is 0.0200. The molecule has 0 bridgehead atoms. The minimum absolute atomic E-state index is 0.242. The zero-order chi connectivity index (χ0) is 20.2. The quantitative estimate of drug-likeness (QED) is 0.114. The van der Waals surface area contributed by atoms with Crippen LogP contribution in [0.2, 0.25) is 0 Å². The summed E-state index contributed by atoms with van der Waals surface area (Å²) < 4.78 is 6.33. The topological polar surface area (TPSA) is 26.3 Å². The van der Waals surface area contributed by atoms with Crippen molar-refractivity contribution in [1.29, 1.82) is 0 Å². The van der Waals surface area contributed by atoms with Crippen LogP contribution in [0.4, 0.5) is 0 Å². The lowest BCUT2D eigenvalue weighted by Gasteiger charge is -2.26. The summed E-state index contributed by atoms with van der Waals surface area (Å²) >= 11 is 0. The maximum atomic E-state index is 11.8. The molecule has 0 heterocycles. The van der Waals surface area contributed by atoms with Gasteiger partial charge in [-0.05, 0) is 12.8 Å². The molecule has 0 aliphatic rings. The molecule has 0 N–H and O–H groups in total. The maximum Gasteiger partial charge on any atom is 0.0989 e. The van der Waals surface area contributed by atoms with E-state index in [0.717, 1.165) is 17.4 Å². The fourth-order valence-corrected chi connectivity index (χ4v) is 3.69. The molecule has 0 unspecified atom stereocenters. The third-order valence-corrected chi connectivity index (χ3v) is 5.75. The van der Waals surface area contributed by atoms with Gasteiger partial charge < -0.3 is 22.6 Å². The number of hydrogen-bond donors (Lipinski definition) is 0. The van der Waals surface area contributed by atoms with E-state index in [1.54, 1.807) is 0 Å². The molecule has 0 saturated carbocycles. The average molecular weight is 402 g/mol. The number of quaternary nitrogens is 1. The van der Waals surface area contributed by atoms with E-state index in [4.69, 9.17) is 4.52 Å². The van der Waals surface area contributed by atoms with Crippen molar-refractivity contribution in [2.45, 2.75) is 110 Å². The van der Waals surface area contributed by atoms with Crippen molar-refractivity contribution in [2.24, 2.45) is 0 Å². The molecular formula is C23H48NO2P. The Morgan fingerprint density at radius 1 is 0.704 bits per heavy atom. The predicted molar refractivity (Wildman–Crippen MR) is 120 cm³/mol. The van der Waals surface area contributed by atoms with Gasteiger partial charge in [0.25, 0.3) is 0 Å². The van der Waals surface area contributed by atoms with Crippen LogP contribution < -0.4 is 0 Å². The van der Waals surface area contributed by atoms with E-state index in [0.29, 0.717) is 21.8 Å². The molecule has 27 heavy (non-hydrogen) atoms. The Kier molecular flexibility index (Phi) is 19.4. The van der Waals surface area contributed by atoms with E-state index in [-0.39, 0.29) is 5.52 Å². The molecule has 0 spiro atoms. The molecule has 3 nitrogen and oxygen atoms in total. The monoisotopic (exact) mass is 401 g/mol. The van der Waals surface area contributed by atoms with Crippen LogP contribution in [-0.2, 0) is 9.32 Å². The normalized spacial score (nSPS) is 12.3. The smallest absolute Gasteiger partial charge is 0.0989 e. The highest BCUT2D eigenvalue weighted by molar-refractivity contribution is 7.53. The zero-order valence-electron chi connectivity index (χ0n) is 18.9. The lowest BCUT2D eigenvalue weighted by atomic mass is 10.0. The van der Waals surface area contributed by atoms with Gasteiger partial charge >= 0.3 is 0 Å². The molecule has 0 aromatic heterocycles. The fourth-order valence-electron chi connectivity index (χ4n) is 3.13. The first-order chi connectivity index (χ1) is 13.0.